The zero-order valence-corrected chi connectivity index (χ0v) is 13.3. The van der Waals surface area contributed by atoms with Gasteiger partial charge in [-0.15, -0.1) is 11.6 Å². The van der Waals surface area contributed by atoms with E-state index in [0.29, 0.717) is 12.6 Å². The van der Waals surface area contributed by atoms with Crippen LogP contribution >= 0.6 is 11.6 Å². The number of ether oxygens (including phenoxy) is 2. The van der Waals surface area contributed by atoms with Gasteiger partial charge in [-0.1, -0.05) is 0 Å². The summed E-state index contributed by atoms with van der Waals surface area (Å²) >= 11 is 5.88. The lowest BCUT2D eigenvalue weighted by Gasteiger charge is -2.21. The Balaban J connectivity index is 1.79. The van der Waals surface area contributed by atoms with Crippen molar-refractivity contribution in [3.63, 3.8) is 0 Å². The van der Waals surface area contributed by atoms with Gasteiger partial charge < -0.3 is 9.47 Å². The summed E-state index contributed by atoms with van der Waals surface area (Å²) < 4.78 is 11.6. The monoisotopic (exact) mass is 297 g/mol. The van der Waals surface area contributed by atoms with Crippen molar-refractivity contribution in [1.82, 2.24) is 4.90 Å². The van der Waals surface area contributed by atoms with Crippen molar-refractivity contribution in [3.05, 3.63) is 24.3 Å². The molecule has 0 aliphatic carbocycles. The highest BCUT2D eigenvalue weighted by atomic mass is 35.5. The summed E-state index contributed by atoms with van der Waals surface area (Å²) in [6.45, 7) is 8.86. The summed E-state index contributed by atoms with van der Waals surface area (Å²) in [5, 5.41) is 0. The van der Waals surface area contributed by atoms with Crippen LogP contribution in [0.4, 0.5) is 0 Å². The predicted octanol–water partition coefficient (Wildman–Crippen LogP) is 3.76. The van der Waals surface area contributed by atoms with Gasteiger partial charge in [0.2, 0.25) is 0 Å². The van der Waals surface area contributed by atoms with Gasteiger partial charge in [0, 0.05) is 19.0 Å². The summed E-state index contributed by atoms with van der Waals surface area (Å²) in [6.07, 6.45) is 1.17. The lowest BCUT2D eigenvalue weighted by atomic mass is 10.2. The highest BCUT2D eigenvalue weighted by molar-refractivity contribution is 6.18. The van der Waals surface area contributed by atoms with Crippen molar-refractivity contribution >= 4 is 11.6 Å². The molecule has 112 valence electrons. The van der Waals surface area contributed by atoms with Crippen molar-refractivity contribution in [3.8, 4) is 11.5 Å². The van der Waals surface area contributed by atoms with Gasteiger partial charge in [-0.25, -0.2) is 0 Å². The van der Waals surface area contributed by atoms with Crippen LogP contribution in [0, 0.1) is 5.92 Å². The molecule has 2 rings (SSSR count). The van der Waals surface area contributed by atoms with E-state index in [1.165, 1.54) is 6.42 Å². The Labute approximate surface area is 126 Å². The van der Waals surface area contributed by atoms with Crippen LogP contribution in [0.5, 0.6) is 11.5 Å². The lowest BCUT2D eigenvalue weighted by molar-refractivity contribution is 0.130. The molecule has 0 bridgehead atoms. The molecule has 0 aromatic heterocycles. The van der Waals surface area contributed by atoms with Crippen LogP contribution in [-0.2, 0) is 0 Å². The molecule has 1 aliphatic rings. The van der Waals surface area contributed by atoms with Gasteiger partial charge in [0.05, 0.1) is 0 Å². The van der Waals surface area contributed by atoms with E-state index < -0.39 is 0 Å². The fourth-order valence-electron chi connectivity index (χ4n) is 2.28. The molecule has 1 fully saturated rings. The second-order valence-electron chi connectivity index (χ2n) is 6.35. The number of rotatable bonds is 5. The molecule has 0 saturated carbocycles. The standard InChI is InChI=1S/C16H24ClNO2/c1-16(2,3)20-15-6-4-14(5-7-15)19-12-18-9-8-13(10-17)11-18/h4-7,13H,8-12H2,1-3H3. The molecule has 20 heavy (non-hydrogen) atoms. The van der Waals surface area contributed by atoms with Crippen LogP contribution in [0.25, 0.3) is 0 Å². The number of benzene rings is 1. The largest absolute Gasteiger partial charge is 0.488 e. The molecule has 1 aliphatic heterocycles. The van der Waals surface area contributed by atoms with E-state index >= 15 is 0 Å². The van der Waals surface area contributed by atoms with Gasteiger partial charge in [-0.05, 0) is 57.4 Å². The molecular weight excluding hydrogens is 274 g/mol. The van der Waals surface area contributed by atoms with E-state index in [1.807, 2.05) is 45.0 Å². The molecule has 1 atom stereocenters. The zero-order chi connectivity index (χ0) is 14.6. The Morgan fingerprint density at radius 2 is 1.85 bits per heavy atom. The van der Waals surface area contributed by atoms with Gasteiger partial charge in [-0.3, -0.25) is 4.90 Å². The molecular formula is C16H24ClNO2. The molecule has 1 unspecified atom stereocenters. The summed E-state index contributed by atoms with van der Waals surface area (Å²) in [7, 11) is 0. The maximum absolute atomic E-state index is 5.88. The van der Waals surface area contributed by atoms with Crippen LogP contribution in [0.2, 0.25) is 0 Å². The maximum Gasteiger partial charge on any atom is 0.142 e. The number of hydrogen-bond donors (Lipinski definition) is 0. The second-order valence-corrected chi connectivity index (χ2v) is 6.65. The third-order valence-corrected chi connectivity index (χ3v) is 3.69. The van der Waals surface area contributed by atoms with E-state index in [-0.39, 0.29) is 5.60 Å². The highest BCUT2D eigenvalue weighted by Crippen LogP contribution is 2.22. The summed E-state index contributed by atoms with van der Waals surface area (Å²) in [5.41, 5.74) is -0.172. The minimum absolute atomic E-state index is 0.172. The number of likely N-dealkylation sites (tertiary alicyclic amines) is 1. The second kappa shape index (κ2) is 6.68. The maximum atomic E-state index is 5.88. The van der Waals surface area contributed by atoms with Gasteiger partial charge in [0.15, 0.2) is 0 Å². The molecule has 1 aromatic rings. The fraction of sp³-hybridized carbons (Fsp3) is 0.625. The molecule has 0 spiro atoms. The summed E-state index contributed by atoms with van der Waals surface area (Å²) in [5.74, 6) is 3.10. The SMILES string of the molecule is CC(C)(C)Oc1ccc(OCN2CCC(CCl)C2)cc1. The van der Waals surface area contributed by atoms with E-state index in [9.17, 15) is 0 Å². The van der Waals surface area contributed by atoms with Gasteiger partial charge >= 0.3 is 0 Å². The Morgan fingerprint density at radius 1 is 1.20 bits per heavy atom. The minimum atomic E-state index is -0.172. The summed E-state index contributed by atoms with van der Waals surface area (Å²) in [6, 6.07) is 7.81. The first kappa shape index (κ1) is 15.5. The van der Waals surface area contributed by atoms with Crippen molar-refractivity contribution in [2.75, 3.05) is 25.7 Å². The van der Waals surface area contributed by atoms with Crippen LogP contribution in [0.15, 0.2) is 24.3 Å². The Morgan fingerprint density at radius 3 is 2.40 bits per heavy atom. The highest BCUT2D eigenvalue weighted by Gasteiger charge is 2.21. The molecule has 4 heteroatoms. The molecule has 0 amide bonds. The number of hydrogen-bond acceptors (Lipinski definition) is 3. The van der Waals surface area contributed by atoms with Crippen LogP contribution in [0.1, 0.15) is 27.2 Å². The van der Waals surface area contributed by atoms with Gasteiger partial charge in [-0.2, -0.15) is 0 Å². The molecule has 3 nitrogen and oxygen atoms in total. The fourth-order valence-corrected chi connectivity index (χ4v) is 2.53. The number of nitrogens with zero attached hydrogens (tertiary/aromatic N) is 1. The van der Waals surface area contributed by atoms with Gasteiger partial charge in [0.1, 0.15) is 23.8 Å². The number of halogens is 1. The average molecular weight is 298 g/mol. The van der Waals surface area contributed by atoms with E-state index in [4.69, 9.17) is 21.1 Å². The van der Waals surface area contributed by atoms with Crippen molar-refractivity contribution in [2.24, 2.45) is 5.92 Å². The van der Waals surface area contributed by atoms with Crippen LogP contribution < -0.4 is 9.47 Å². The third kappa shape index (κ3) is 4.88. The van der Waals surface area contributed by atoms with Crippen molar-refractivity contribution in [2.45, 2.75) is 32.8 Å². The Kier molecular flexibility index (Phi) is 5.17. The Bertz CT molecular complexity index is 413. The first-order chi connectivity index (χ1) is 9.46. The molecule has 1 saturated heterocycles. The van der Waals surface area contributed by atoms with E-state index in [2.05, 4.69) is 4.90 Å². The molecule has 0 radical (unpaired) electrons. The molecule has 1 aromatic carbocycles. The predicted molar refractivity (Wildman–Crippen MR) is 82.7 cm³/mol. The molecule has 0 N–H and O–H groups in total. The van der Waals surface area contributed by atoms with Crippen molar-refractivity contribution in [1.29, 1.82) is 0 Å². The van der Waals surface area contributed by atoms with Gasteiger partial charge in [0.25, 0.3) is 0 Å². The average Bonchev–Trinajstić information content (AvgIpc) is 2.84. The smallest absolute Gasteiger partial charge is 0.142 e. The first-order valence-electron chi connectivity index (χ1n) is 7.16. The quantitative estimate of drug-likeness (QED) is 0.773. The minimum Gasteiger partial charge on any atom is -0.488 e. The lowest BCUT2D eigenvalue weighted by Crippen LogP contribution is -2.26. The summed E-state index contributed by atoms with van der Waals surface area (Å²) in [4.78, 5) is 2.30. The van der Waals surface area contributed by atoms with E-state index in [0.717, 1.165) is 30.5 Å². The van der Waals surface area contributed by atoms with Crippen molar-refractivity contribution < 1.29 is 9.47 Å². The topological polar surface area (TPSA) is 21.7 Å². The number of alkyl halides is 1. The van der Waals surface area contributed by atoms with Crippen LogP contribution in [0.3, 0.4) is 0 Å². The van der Waals surface area contributed by atoms with Crippen LogP contribution in [-0.4, -0.2) is 36.2 Å². The molecule has 1 heterocycles. The zero-order valence-electron chi connectivity index (χ0n) is 12.6. The Hall–Kier alpha value is -0.930. The van der Waals surface area contributed by atoms with E-state index in [1.54, 1.807) is 0 Å². The third-order valence-electron chi connectivity index (χ3n) is 3.25. The normalized spacial score (nSPS) is 20.1. The first-order valence-corrected chi connectivity index (χ1v) is 7.70.